The molecule has 0 atom stereocenters. The Kier molecular flexibility index (Phi) is 5.04. The molecule has 2 aromatic rings. The van der Waals surface area contributed by atoms with Gasteiger partial charge in [0, 0.05) is 31.7 Å². The maximum atomic E-state index is 12.6. The van der Waals surface area contributed by atoms with Gasteiger partial charge in [0.15, 0.2) is 0 Å². The molecule has 0 saturated carbocycles. The predicted molar refractivity (Wildman–Crippen MR) is 92.2 cm³/mol. The Balaban J connectivity index is 1.82. The molecule has 1 aromatic carbocycles. The lowest BCUT2D eigenvalue weighted by molar-refractivity contribution is -0.136. The number of benzene rings is 1. The minimum atomic E-state index is -0.887. The number of likely N-dealkylation sites (N-methyl/N-ethyl adjacent to an activating group) is 1. The first-order valence-corrected chi connectivity index (χ1v) is 8.14. The van der Waals surface area contributed by atoms with Crippen molar-refractivity contribution in [1.82, 2.24) is 19.8 Å². The molecule has 3 rings (SSSR count). The SMILES string of the molecule is CN1CCN(C(=O)c2cncc(-c3cccc(CC(=O)O)c3)n2)CC1. The van der Waals surface area contributed by atoms with E-state index in [1.54, 1.807) is 29.3 Å². The van der Waals surface area contributed by atoms with Crippen molar-refractivity contribution < 1.29 is 14.7 Å². The van der Waals surface area contributed by atoms with E-state index in [4.69, 9.17) is 5.11 Å². The van der Waals surface area contributed by atoms with Crippen molar-refractivity contribution >= 4 is 11.9 Å². The second-order valence-electron chi connectivity index (χ2n) is 6.16. The van der Waals surface area contributed by atoms with E-state index in [2.05, 4.69) is 14.9 Å². The zero-order valence-electron chi connectivity index (χ0n) is 14.1. The summed E-state index contributed by atoms with van der Waals surface area (Å²) in [5.74, 6) is -1.01. The highest BCUT2D eigenvalue weighted by Gasteiger charge is 2.22. The molecule has 7 nitrogen and oxygen atoms in total. The second kappa shape index (κ2) is 7.40. The summed E-state index contributed by atoms with van der Waals surface area (Å²) >= 11 is 0. The number of amides is 1. The molecule has 0 aliphatic carbocycles. The van der Waals surface area contributed by atoms with Crippen molar-refractivity contribution in [2.24, 2.45) is 0 Å². The number of carboxylic acid groups (broad SMARTS) is 1. The van der Waals surface area contributed by atoms with Gasteiger partial charge in [0.1, 0.15) is 5.69 Å². The number of aliphatic carboxylic acids is 1. The van der Waals surface area contributed by atoms with Gasteiger partial charge in [-0.05, 0) is 18.7 Å². The van der Waals surface area contributed by atoms with E-state index < -0.39 is 5.97 Å². The van der Waals surface area contributed by atoms with Gasteiger partial charge in [-0.3, -0.25) is 14.6 Å². The largest absolute Gasteiger partial charge is 0.481 e. The number of carbonyl (C=O) groups excluding carboxylic acids is 1. The van der Waals surface area contributed by atoms with Gasteiger partial charge in [-0.25, -0.2) is 4.98 Å². The molecule has 130 valence electrons. The van der Waals surface area contributed by atoms with Crippen LogP contribution in [-0.2, 0) is 11.2 Å². The van der Waals surface area contributed by atoms with Crippen LogP contribution in [-0.4, -0.2) is 70.0 Å². The number of hydrogen-bond donors (Lipinski definition) is 1. The highest BCUT2D eigenvalue weighted by molar-refractivity contribution is 5.92. The fourth-order valence-electron chi connectivity index (χ4n) is 2.79. The quantitative estimate of drug-likeness (QED) is 0.899. The fourth-order valence-corrected chi connectivity index (χ4v) is 2.79. The van der Waals surface area contributed by atoms with Crippen molar-refractivity contribution in [3.05, 3.63) is 47.9 Å². The summed E-state index contributed by atoms with van der Waals surface area (Å²) in [6.45, 7) is 3.04. The summed E-state index contributed by atoms with van der Waals surface area (Å²) in [4.78, 5) is 36.1. The maximum absolute atomic E-state index is 12.6. The average Bonchev–Trinajstić information content (AvgIpc) is 2.61. The number of nitrogens with zero attached hydrogens (tertiary/aromatic N) is 4. The van der Waals surface area contributed by atoms with Crippen LogP contribution in [0, 0.1) is 0 Å². The van der Waals surface area contributed by atoms with E-state index in [0.717, 1.165) is 18.7 Å². The Bertz CT molecular complexity index is 785. The third kappa shape index (κ3) is 4.19. The summed E-state index contributed by atoms with van der Waals surface area (Å²) in [6, 6.07) is 7.14. The molecule has 25 heavy (non-hydrogen) atoms. The molecule has 0 bridgehead atoms. The maximum Gasteiger partial charge on any atom is 0.307 e. The van der Waals surface area contributed by atoms with Gasteiger partial charge in [0.2, 0.25) is 0 Å². The summed E-state index contributed by atoms with van der Waals surface area (Å²) in [5, 5.41) is 8.93. The van der Waals surface area contributed by atoms with Gasteiger partial charge < -0.3 is 14.9 Å². The minimum Gasteiger partial charge on any atom is -0.481 e. The molecule has 1 saturated heterocycles. The fraction of sp³-hybridized carbons (Fsp3) is 0.333. The van der Waals surface area contributed by atoms with Crippen molar-refractivity contribution in [1.29, 1.82) is 0 Å². The van der Waals surface area contributed by atoms with Crippen LogP contribution < -0.4 is 0 Å². The summed E-state index contributed by atoms with van der Waals surface area (Å²) in [6.07, 6.45) is 3.01. The van der Waals surface area contributed by atoms with Crippen LogP contribution >= 0.6 is 0 Å². The van der Waals surface area contributed by atoms with E-state index in [0.29, 0.717) is 30.0 Å². The second-order valence-corrected chi connectivity index (χ2v) is 6.16. The van der Waals surface area contributed by atoms with Gasteiger partial charge in [-0.2, -0.15) is 0 Å². The number of hydrogen-bond acceptors (Lipinski definition) is 5. The monoisotopic (exact) mass is 340 g/mol. The van der Waals surface area contributed by atoms with Gasteiger partial charge in [-0.15, -0.1) is 0 Å². The summed E-state index contributed by atoms with van der Waals surface area (Å²) in [7, 11) is 2.03. The van der Waals surface area contributed by atoms with Crippen LogP contribution in [0.15, 0.2) is 36.7 Å². The first-order valence-electron chi connectivity index (χ1n) is 8.14. The van der Waals surface area contributed by atoms with Gasteiger partial charge in [0.25, 0.3) is 5.91 Å². The number of carboxylic acids is 1. The predicted octanol–water partition coefficient (Wildman–Crippen LogP) is 1.16. The van der Waals surface area contributed by atoms with Crippen LogP contribution in [0.3, 0.4) is 0 Å². The molecule has 1 aliphatic heterocycles. The minimum absolute atomic E-state index is 0.0544. The molecule has 7 heteroatoms. The van der Waals surface area contributed by atoms with Crippen LogP contribution in [0.2, 0.25) is 0 Å². The molecule has 1 fully saturated rings. The molecule has 0 radical (unpaired) electrons. The Morgan fingerprint density at radius 3 is 2.64 bits per heavy atom. The lowest BCUT2D eigenvalue weighted by Gasteiger charge is -2.32. The Hall–Kier alpha value is -2.80. The third-order valence-electron chi connectivity index (χ3n) is 4.22. The first-order chi connectivity index (χ1) is 12.0. The topological polar surface area (TPSA) is 86.6 Å². The molecule has 0 spiro atoms. The zero-order valence-corrected chi connectivity index (χ0v) is 14.1. The van der Waals surface area contributed by atoms with Crippen LogP contribution in [0.4, 0.5) is 0 Å². The van der Waals surface area contributed by atoms with Crippen LogP contribution in [0.5, 0.6) is 0 Å². The molecular weight excluding hydrogens is 320 g/mol. The van der Waals surface area contributed by atoms with Crippen LogP contribution in [0.1, 0.15) is 16.1 Å². The van der Waals surface area contributed by atoms with E-state index >= 15 is 0 Å². The normalized spacial score (nSPS) is 15.2. The van der Waals surface area contributed by atoms with E-state index in [-0.39, 0.29) is 12.3 Å². The lowest BCUT2D eigenvalue weighted by Crippen LogP contribution is -2.47. The van der Waals surface area contributed by atoms with Gasteiger partial charge in [-0.1, -0.05) is 18.2 Å². The van der Waals surface area contributed by atoms with Gasteiger partial charge in [0.05, 0.1) is 24.5 Å². The first kappa shape index (κ1) is 17.0. The third-order valence-corrected chi connectivity index (χ3v) is 4.22. The molecule has 1 N–H and O–H groups in total. The van der Waals surface area contributed by atoms with Crippen molar-refractivity contribution in [2.45, 2.75) is 6.42 Å². The Morgan fingerprint density at radius 2 is 1.92 bits per heavy atom. The van der Waals surface area contributed by atoms with Crippen molar-refractivity contribution in [2.75, 3.05) is 33.2 Å². The highest BCUT2D eigenvalue weighted by Crippen LogP contribution is 2.19. The lowest BCUT2D eigenvalue weighted by atomic mass is 10.1. The van der Waals surface area contributed by atoms with Gasteiger partial charge >= 0.3 is 5.97 Å². The van der Waals surface area contributed by atoms with E-state index in [9.17, 15) is 9.59 Å². The van der Waals surface area contributed by atoms with E-state index in [1.165, 1.54) is 6.20 Å². The molecule has 0 unspecified atom stereocenters. The van der Waals surface area contributed by atoms with Crippen LogP contribution in [0.25, 0.3) is 11.3 Å². The Morgan fingerprint density at radius 1 is 1.16 bits per heavy atom. The molecule has 2 heterocycles. The molecule has 1 aliphatic rings. The molecular formula is C18H20N4O3. The summed E-state index contributed by atoms with van der Waals surface area (Å²) in [5.41, 5.74) is 2.31. The number of aromatic nitrogens is 2. The highest BCUT2D eigenvalue weighted by atomic mass is 16.4. The van der Waals surface area contributed by atoms with E-state index in [1.807, 2.05) is 13.1 Å². The van der Waals surface area contributed by atoms with Crippen molar-refractivity contribution in [3.63, 3.8) is 0 Å². The smallest absolute Gasteiger partial charge is 0.307 e. The standard InChI is InChI=1S/C18H20N4O3/c1-21-5-7-22(8-6-21)18(25)16-12-19-11-15(20-16)14-4-2-3-13(9-14)10-17(23)24/h2-4,9,11-12H,5-8,10H2,1H3,(H,23,24). The Labute approximate surface area is 145 Å². The average molecular weight is 340 g/mol. The number of piperazine rings is 1. The molecule has 1 aromatic heterocycles. The van der Waals surface area contributed by atoms with Crippen molar-refractivity contribution in [3.8, 4) is 11.3 Å². The zero-order chi connectivity index (χ0) is 17.8. The summed E-state index contributed by atoms with van der Waals surface area (Å²) < 4.78 is 0. The molecule has 1 amide bonds. The number of carbonyl (C=O) groups is 2. The number of rotatable bonds is 4.